The molecule has 7 nitrogen and oxygen atoms in total. The molecule has 1 aromatic carbocycles. The molecule has 2 N–H and O–H groups in total. The highest BCUT2D eigenvalue weighted by Crippen LogP contribution is 2.46. The van der Waals surface area contributed by atoms with E-state index in [1.807, 2.05) is 0 Å². The average molecular weight is 475 g/mol. The number of hydrogen-bond acceptors (Lipinski definition) is 7. The molecule has 3 fully saturated rings. The molecule has 7 rings (SSSR count). The second-order valence-corrected chi connectivity index (χ2v) is 11.7. The summed E-state index contributed by atoms with van der Waals surface area (Å²) in [6.07, 6.45) is 9.35. The first-order valence-electron chi connectivity index (χ1n) is 13.7. The van der Waals surface area contributed by atoms with Crippen LogP contribution in [0.3, 0.4) is 0 Å². The van der Waals surface area contributed by atoms with E-state index < -0.39 is 0 Å². The molecule has 4 aliphatic heterocycles. The lowest BCUT2D eigenvalue weighted by atomic mass is 9.67. The maximum atomic E-state index is 6.27. The maximum Gasteiger partial charge on any atom is 0.318 e. The van der Waals surface area contributed by atoms with Gasteiger partial charge in [0.1, 0.15) is 12.4 Å². The van der Waals surface area contributed by atoms with E-state index >= 15 is 0 Å². The Bertz CT molecular complexity index is 1090. The van der Waals surface area contributed by atoms with Crippen molar-refractivity contribution in [1.82, 2.24) is 20.6 Å². The number of para-hydroxylation sites is 1. The number of anilines is 2. The summed E-state index contributed by atoms with van der Waals surface area (Å²) in [4.78, 5) is 15.2. The van der Waals surface area contributed by atoms with Crippen LogP contribution in [-0.4, -0.2) is 67.9 Å². The Morgan fingerprint density at radius 1 is 1.09 bits per heavy atom. The number of fused-ring (bicyclic) bond motifs is 4. The Morgan fingerprint density at radius 3 is 2.77 bits per heavy atom. The summed E-state index contributed by atoms with van der Waals surface area (Å²) in [5, 5.41) is 7.32. The number of aromatic nitrogens is 2. The summed E-state index contributed by atoms with van der Waals surface area (Å²) in [5.41, 5.74) is 5.70. The number of piperazine rings is 1. The third-order valence-corrected chi connectivity index (χ3v) is 9.13. The highest BCUT2D eigenvalue weighted by atomic mass is 16.5. The van der Waals surface area contributed by atoms with Gasteiger partial charge in [0.25, 0.3) is 0 Å². The van der Waals surface area contributed by atoms with Crippen molar-refractivity contribution < 1.29 is 4.74 Å². The first-order valence-corrected chi connectivity index (χ1v) is 13.7. The van der Waals surface area contributed by atoms with Gasteiger partial charge in [0.05, 0.1) is 5.69 Å². The Kier molecular flexibility index (Phi) is 5.39. The van der Waals surface area contributed by atoms with Crippen molar-refractivity contribution >= 4 is 11.5 Å². The summed E-state index contributed by atoms with van der Waals surface area (Å²) in [5.74, 6) is 1.15. The van der Waals surface area contributed by atoms with Gasteiger partial charge < -0.3 is 25.2 Å². The SMILES string of the molecule is CN1C[C@]2(CCc3c(nc(OC[C@@H]4CCCN4)nc3N3C[C@H]4CC[C@@H](C3)N4)C2)Cc2ccccc21. The standard InChI is InChI=1S/C28H38N6O/c1-33-18-28(13-19-5-2-3-7-25(19)33)11-10-23-24(14-28)31-27(35-17-22-6-4-12-29-22)32-26(23)34-15-20-8-9-21(16-34)30-20/h2-3,5,7,20-22,29-30H,4,6,8-18H2,1H3/t20-,21+,22-,28+/m0/s1. The summed E-state index contributed by atoms with van der Waals surface area (Å²) in [6.45, 7) is 4.93. The highest BCUT2D eigenvalue weighted by Gasteiger charge is 2.42. The number of benzene rings is 1. The Balaban J connectivity index is 1.21. The zero-order valence-electron chi connectivity index (χ0n) is 20.9. The van der Waals surface area contributed by atoms with E-state index in [1.165, 1.54) is 54.6 Å². The third-order valence-electron chi connectivity index (χ3n) is 9.13. The quantitative estimate of drug-likeness (QED) is 0.706. The molecular formula is C28H38N6O. The zero-order valence-corrected chi connectivity index (χ0v) is 20.9. The minimum absolute atomic E-state index is 0.231. The van der Waals surface area contributed by atoms with E-state index in [4.69, 9.17) is 14.7 Å². The molecule has 1 spiro atoms. The fraction of sp³-hybridized carbons (Fsp3) is 0.643. The van der Waals surface area contributed by atoms with Gasteiger partial charge in [-0.15, -0.1) is 0 Å². The Morgan fingerprint density at radius 2 is 1.94 bits per heavy atom. The Labute approximate surface area is 208 Å². The van der Waals surface area contributed by atoms with Gasteiger partial charge in [-0.3, -0.25) is 0 Å². The normalized spacial score (nSPS) is 31.5. The van der Waals surface area contributed by atoms with Crippen LogP contribution in [0.2, 0.25) is 0 Å². The number of hydrogen-bond donors (Lipinski definition) is 2. The molecule has 0 amide bonds. The summed E-state index contributed by atoms with van der Waals surface area (Å²) in [7, 11) is 2.25. The van der Waals surface area contributed by atoms with Gasteiger partial charge in [-0.05, 0) is 75.0 Å². The zero-order chi connectivity index (χ0) is 23.4. The van der Waals surface area contributed by atoms with Gasteiger partial charge in [0.2, 0.25) is 0 Å². The first-order chi connectivity index (χ1) is 17.1. The third kappa shape index (κ3) is 4.06. The molecule has 3 saturated heterocycles. The van der Waals surface area contributed by atoms with E-state index in [-0.39, 0.29) is 5.41 Å². The molecule has 186 valence electrons. The van der Waals surface area contributed by atoms with Crippen LogP contribution in [0.4, 0.5) is 11.5 Å². The predicted molar refractivity (Wildman–Crippen MR) is 139 cm³/mol. The van der Waals surface area contributed by atoms with Gasteiger partial charge in [0.15, 0.2) is 0 Å². The molecule has 7 heteroatoms. The molecule has 1 aromatic heterocycles. The lowest BCUT2D eigenvalue weighted by molar-refractivity contribution is 0.229. The van der Waals surface area contributed by atoms with Crippen LogP contribution in [-0.2, 0) is 19.3 Å². The van der Waals surface area contributed by atoms with E-state index in [2.05, 4.69) is 51.7 Å². The van der Waals surface area contributed by atoms with E-state index in [1.54, 1.807) is 0 Å². The van der Waals surface area contributed by atoms with Crippen molar-refractivity contribution in [2.45, 2.75) is 69.5 Å². The fourth-order valence-corrected chi connectivity index (χ4v) is 7.47. The predicted octanol–water partition coefficient (Wildman–Crippen LogP) is 2.72. The lowest BCUT2D eigenvalue weighted by Crippen LogP contribution is -2.52. The molecule has 2 aromatic rings. The molecule has 5 aliphatic rings. The monoisotopic (exact) mass is 474 g/mol. The number of rotatable bonds is 4. The van der Waals surface area contributed by atoms with Gasteiger partial charge in [-0.25, -0.2) is 0 Å². The van der Waals surface area contributed by atoms with Crippen LogP contribution in [0, 0.1) is 5.41 Å². The van der Waals surface area contributed by atoms with Crippen LogP contribution >= 0.6 is 0 Å². The van der Waals surface area contributed by atoms with E-state index in [0.717, 1.165) is 51.3 Å². The lowest BCUT2D eigenvalue weighted by Gasteiger charge is -2.46. The van der Waals surface area contributed by atoms with Crippen molar-refractivity contribution in [3.8, 4) is 6.01 Å². The largest absolute Gasteiger partial charge is 0.462 e. The molecule has 2 bridgehead atoms. The van der Waals surface area contributed by atoms with Crippen LogP contribution in [0.1, 0.15) is 48.9 Å². The van der Waals surface area contributed by atoms with Gasteiger partial charge >= 0.3 is 6.01 Å². The fourth-order valence-electron chi connectivity index (χ4n) is 7.47. The summed E-state index contributed by atoms with van der Waals surface area (Å²) >= 11 is 0. The van der Waals surface area contributed by atoms with Crippen LogP contribution in [0.15, 0.2) is 24.3 Å². The minimum Gasteiger partial charge on any atom is -0.462 e. The number of nitrogens with zero attached hydrogens (tertiary/aromatic N) is 4. The van der Waals surface area contributed by atoms with E-state index in [0.29, 0.717) is 30.7 Å². The van der Waals surface area contributed by atoms with Crippen molar-refractivity contribution in [3.05, 3.63) is 41.1 Å². The topological polar surface area (TPSA) is 65.5 Å². The first kappa shape index (κ1) is 21.9. The van der Waals surface area contributed by atoms with Gasteiger partial charge in [-0.1, -0.05) is 18.2 Å². The molecule has 0 saturated carbocycles. The maximum absolute atomic E-state index is 6.27. The van der Waals surface area contributed by atoms with E-state index in [9.17, 15) is 0 Å². The second kappa shape index (κ2) is 8.63. The molecular weight excluding hydrogens is 436 g/mol. The second-order valence-electron chi connectivity index (χ2n) is 11.7. The summed E-state index contributed by atoms with van der Waals surface area (Å²) < 4.78 is 6.27. The average Bonchev–Trinajstić information content (AvgIpc) is 3.51. The highest BCUT2D eigenvalue weighted by molar-refractivity contribution is 5.57. The smallest absolute Gasteiger partial charge is 0.318 e. The van der Waals surface area contributed by atoms with Gasteiger partial charge in [-0.2, -0.15) is 9.97 Å². The molecule has 1 aliphatic carbocycles. The Hall–Kier alpha value is -2.38. The minimum atomic E-state index is 0.231. The molecule has 4 atom stereocenters. The van der Waals surface area contributed by atoms with Crippen molar-refractivity contribution in [2.24, 2.45) is 5.41 Å². The summed E-state index contributed by atoms with van der Waals surface area (Å²) in [6, 6.07) is 11.1. The van der Waals surface area contributed by atoms with Crippen molar-refractivity contribution in [2.75, 3.05) is 49.6 Å². The molecule has 35 heavy (non-hydrogen) atoms. The number of ether oxygens (including phenoxy) is 1. The van der Waals surface area contributed by atoms with Crippen molar-refractivity contribution in [3.63, 3.8) is 0 Å². The molecule has 5 heterocycles. The van der Waals surface area contributed by atoms with Crippen molar-refractivity contribution in [1.29, 1.82) is 0 Å². The molecule has 0 radical (unpaired) electrons. The van der Waals surface area contributed by atoms with Crippen LogP contribution < -0.4 is 25.2 Å². The molecule has 0 unspecified atom stereocenters. The number of nitrogens with one attached hydrogen (secondary N) is 2. The van der Waals surface area contributed by atoms with Gasteiger partial charge in [0, 0.05) is 56.1 Å². The van der Waals surface area contributed by atoms with Crippen LogP contribution in [0.5, 0.6) is 6.01 Å². The van der Waals surface area contributed by atoms with Crippen LogP contribution in [0.25, 0.3) is 0 Å².